The van der Waals surface area contributed by atoms with E-state index >= 15 is 0 Å². The molecule has 1 amide bonds. The van der Waals surface area contributed by atoms with Crippen LogP contribution in [-0.4, -0.2) is 32.2 Å². The van der Waals surface area contributed by atoms with Gasteiger partial charge in [-0.3, -0.25) is 4.79 Å². The summed E-state index contributed by atoms with van der Waals surface area (Å²) in [6.07, 6.45) is 4.87. The minimum atomic E-state index is 0.174. The van der Waals surface area contributed by atoms with E-state index in [0.717, 1.165) is 39.0 Å². The molecular weight excluding hydrogens is 240 g/mol. The summed E-state index contributed by atoms with van der Waals surface area (Å²) in [5.41, 5.74) is 5.62. The molecule has 1 fully saturated rings. The second-order valence-electron chi connectivity index (χ2n) is 6.01. The molecule has 1 heterocycles. The van der Waals surface area contributed by atoms with E-state index in [4.69, 9.17) is 10.5 Å². The van der Waals surface area contributed by atoms with E-state index in [2.05, 4.69) is 19.2 Å². The molecular formula is C15H30N2O2. The number of hydrogen-bond donors (Lipinski definition) is 2. The van der Waals surface area contributed by atoms with Crippen LogP contribution in [0.1, 0.15) is 46.0 Å². The van der Waals surface area contributed by atoms with Gasteiger partial charge in [0.1, 0.15) is 0 Å². The SMILES string of the molecule is CC(C)C(CCN)CCC(=O)NCC1CCCOC1. The molecule has 0 aromatic heterocycles. The van der Waals surface area contributed by atoms with Gasteiger partial charge in [0.25, 0.3) is 0 Å². The van der Waals surface area contributed by atoms with Gasteiger partial charge in [0.05, 0.1) is 6.61 Å². The molecule has 0 aromatic rings. The van der Waals surface area contributed by atoms with Crippen molar-refractivity contribution in [2.45, 2.75) is 46.0 Å². The van der Waals surface area contributed by atoms with E-state index < -0.39 is 0 Å². The van der Waals surface area contributed by atoms with Crippen molar-refractivity contribution in [2.24, 2.45) is 23.5 Å². The number of nitrogens with two attached hydrogens (primary N) is 1. The van der Waals surface area contributed by atoms with Gasteiger partial charge in [0.15, 0.2) is 0 Å². The van der Waals surface area contributed by atoms with Gasteiger partial charge in [-0.1, -0.05) is 13.8 Å². The summed E-state index contributed by atoms with van der Waals surface area (Å²) in [6, 6.07) is 0. The number of rotatable bonds is 8. The van der Waals surface area contributed by atoms with Gasteiger partial charge in [0, 0.05) is 19.6 Å². The number of amides is 1. The molecule has 1 aliphatic heterocycles. The van der Waals surface area contributed by atoms with E-state index in [9.17, 15) is 4.79 Å². The average molecular weight is 270 g/mol. The Kier molecular flexibility index (Phi) is 8.07. The Morgan fingerprint density at radius 1 is 1.42 bits per heavy atom. The molecule has 4 heteroatoms. The highest BCUT2D eigenvalue weighted by Crippen LogP contribution is 2.20. The lowest BCUT2D eigenvalue weighted by molar-refractivity contribution is -0.121. The van der Waals surface area contributed by atoms with Crippen molar-refractivity contribution >= 4 is 5.91 Å². The zero-order valence-electron chi connectivity index (χ0n) is 12.5. The lowest BCUT2D eigenvalue weighted by atomic mass is 9.88. The molecule has 2 atom stereocenters. The first kappa shape index (κ1) is 16.4. The first-order valence-corrected chi connectivity index (χ1v) is 7.68. The van der Waals surface area contributed by atoms with E-state index in [1.807, 2.05) is 0 Å². The fourth-order valence-corrected chi connectivity index (χ4v) is 2.66. The van der Waals surface area contributed by atoms with E-state index in [-0.39, 0.29) is 5.91 Å². The van der Waals surface area contributed by atoms with E-state index in [1.165, 1.54) is 6.42 Å². The van der Waals surface area contributed by atoms with Crippen molar-refractivity contribution in [1.82, 2.24) is 5.32 Å². The Hall–Kier alpha value is -0.610. The molecule has 1 rings (SSSR count). The predicted octanol–water partition coefficient (Wildman–Crippen LogP) is 1.93. The van der Waals surface area contributed by atoms with Crippen LogP contribution in [0.25, 0.3) is 0 Å². The summed E-state index contributed by atoms with van der Waals surface area (Å²) < 4.78 is 5.41. The van der Waals surface area contributed by atoms with Crippen LogP contribution < -0.4 is 11.1 Å². The maximum absolute atomic E-state index is 11.8. The lowest BCUT2D eigenvalue weighted by Crippen LogP contribution is -2.33. The van der Waals surface area contributed by atoms with Crippen LogP contribution in [0.4, 0.5) is 0 Å². The Bertz CT molecular complexity index is 251. The van der Waals surface area contributed by atoms with Gasteiger partial charge in [-0.05, 0) is 50.0 Å². The normalized spacial score (nSPS) is 21.4. The van der Waals surface area contributed by atoms with Crippen molar-refractivity contribution in [3.05, 3.63) is 0 Å². The van der Waals surface area contributed by atoms with Crippen LogP contribution in [0.3, 0.4) is 0 Å². The highest BCUT2D eigenvalue weighted by Gasteiger charge is 2.17. The maximum atomic E-state index is 11.8. The average Bonchev–Trinajstić information content (AvgIpc) is 2.42. The molecule has 0 aromatic carbocycles. The van der Waals surface area contributed by atoms with E-state index in [0.29, 0.717) is 30.7 Å². The van der Waals surface area contributed by atoms with Crippen molar-refractivity contribution < 1.29 is 9.53 Å². The summed E-state index contributed by atoms with van der Waals surface area (Å²) >= 11 is 0. The number of carbonyl (C=O) groups excluding carboxylic acids is 1. The van der Waals surface area contributed by atoms with Crippen LogP contribution in [0.5, 0.6) is 0 Å². The minimum absolute atomic E-state index is 0.174. The van der Waals surface area contributed by atoms with Gasteiger partial charge in [-0.15, -0.1) is 0 Å². The molecule has 0 bridgehead atoms. The fourth-order valence-electron chi connectivity index (χ4n) is 2.66. The van der Waals surface area contributed by atoms with Crippen molar-refractivity contribution in [3.63, 3.8) is 0 Å². The smallest absolute Gasteiger partial charge is 0.220 e. The topological polar surface area (TPSA) is 64.4 Å². The number of carbonyl (C=O) groups is 1. The first-order valence-electron chi connectivity index (χ1n) is 7.68. The molecule has 112 valence electrons. The molecule has 4 nitrogen and oxygen atoms in total. The van der Waals surface area contributed by atoms with Gasteiger partial charge in [0.2, 0.25) is 5.91 Å². The van der Waals surface area contributed by atoms with Gasteiger partial charge < -0.3 is 15.8 Å². The third-order valence-corrected chi connectivity index (χ3v) is 4.06. The summed E-state index contributed by atoms with van der Waals surface area (Å²) in [4.78, 5) is 11.8. The largest absolute Gasteiger partial charge is 0.381 e. The molecule has 0 aliphatic carbocycles. The predicted molar refractivity (Wildman–Crippen MR) is 77.8 cm³/mol. The minimum Gasteiger partial charge on any atom is -0.381 e. The lowest BCUT2D eigenvalue weighted by Gasteiger charge is -2.23. The highest BCUT2D eigenvalue weighted by molar-refractivity contribution is 5.75. The Labute approximate surface area is 117 Å². The highest BCUT2D eigenvalue weighted by atomic mass is 16.5. The quantitative estimate of drug-likeness (QED) is 0.708. The number of nitrogens with one attached hydrogen (secondary N) is 1. The second-order valence-corrected chi connectivity index (χ2v) is 6.01. The summed E-state index contributed by atoms with van der Waals surface area (Å²) in [5.74, 6) is 1.84. The van der Waals surface area contributed by atoms with Crippen LogP contribution in [0.15, 0.2) is 0 Å². The summed E-state index contributed by atoms with van der Waals surface area (Å²) in [7, 11) is 0. The maximum Gasteiger partial charge on any atom is 0.220 e. The zero-order chi connectivity index (χ0) is 14.1. The first-order chi connectivity index (χ1) is 9.13. The molecule has 3 N–H and O–H groups in total. The van der Waals surface area contributed by atoms with Crippen molar-refractivity contribution in [3.8, 4) is 0 Å². The van der Waals surface area contributed by atoms with Crippen molar-refractivity contribution in [1.29, 1.82) is 0 Å². The van der Waals surface area contributed by atoms with Crippen LogP contribution in [0, 0.1) is 17.8 Å². The van der Waals surface area contributed by atoms with Gasteiger partial charge >= 0.3 is 0 Å². The molecule has 0 spiro atoms. The zero-order valence-corrected chi connectivity index (χ0v) is 12.5. The number of hydrogen-bond acceptors (Lipinski definition) is 3. The third-order valence-electron chi connectivity index (χ3n) is 4.06. The molecule has 0 radical (unpaired) electrons. The standard InChI is InChI=1S/C15H30N2O2/c1-12(2)14(7-8-16)5-6-15(18)17-10-13-4-3-9-19-11-13/h12-14H,3-11,16H2,1-2H3,(H,17,18). The van der Waals surface area contributed by atoms with Crippen LogP contribution >= 0.6 is 0 Å². The third kappa shape index (κ3) is 6.92. The van der Waals surface area contributed by atoms with Gasteiger partial charge in [-0.2, -0.15) is 0 Å². The molecule has 2 unspecified atom stereocenters. The number of ether oxygens (including phenoxy) is 1. The monoisotopic (exact) mass is 270 g/mol. The summed E-state index contributed by atoms with van der Waals surface area (Å²) in [5, 5.41) is 3.04. The Morgan fingerprint density at radius 2 is 2.21 bits per heavy atom. The Balaban J connectivity index is 2.15. The fraction of sp³-hybridized carbons (Fsp3) is 0.933. The molecule has 1 saturated heterocycles. The molecule has 1 aliphatic rings. The van der Waals surface area contributed by atoms with Gasteiger partial charge in [-0.25, -0.2) is 0 Å². The second kappa shape index (κ2) is 9.32. The molecule has 0 saturated carbocycles. The van der Waals surface area contributed by atoms with Crippen LogP contribution in [0.2, 0.25) is 0 Å². The van der Waals surface area contributed by atoms with Crippen molar-refractivity contribution in [2.75, 3.05) is 26.3 Å². The van der Waals surface area contributed by atoms with Crippen LogP contribution in [-0.2, 0) is 9.53 Å². The summed E-state index contributed by atoms with van der Waals surface area (Å²) in [6.45, 7) is 7.56. The van der Waals surface area contributed by atoms with E-state index in [1.54, 1.807) is 0 Å². The molecule has 19 heavy (non-hydrogen) atoms. The Morgan fingerprint density at radius 3 is 2.79 bits per heavy atom.